The number of rotatable bonds is 0. The molecule has 1 saturated heterocycles. The average molecular weight is 312 g/mol. The summed E-state index contributed by atoms with van der Waals surface area (Å²) in [6.45, 7) is 7.06. The van der Waals surface area contributed by atoms with Gasteiger partial charge in [-0.2, -0.15) is 5.26 Å². The zero-order chi connectivity index (χ0) is 16.7. The van der Waals surface area contributed by atoms with Gasteiger partial charge in [0.2, 0.25) is 0 Å². The molecule has 1 amide bonds. The lowest BCUT2D eigenvalue weighted by Gasteiger charge is -2.40. The van der Waals surface area contributed by atoms with Crippen molar-refractivity contribution in [3.05, 3.63) is 35.4 Å². The van der Waals surface area contributed by atoms with E-state index in [0.29, 0.717) is 13.1 Å². The molecule has 2 aliphatic rings. The van der Waals surface area contributed by atoms with Crippen molar-refractivity contribution in [1.82, 2.24) is 4.90 Å². The van der Waals surface area contributed by atoms with Crippen molar-refractivity contribution in [2.75, 3.05) is 13.1 Å². The van der Waals surface area contributed by atoms with Crippen LogP contribution in [0.15, 0.2) is 24.3 Å². The van der Waals surface area contributed by atoms with E-state index in [9.17, 15) is 10.1 Å². The number of ether oxygens (including phenoxy) is 1. The van der Waals surface area contributed by atoms with Crippen LogP contribution >= 0.6 is 0 Å². The first-order valence-electron chi connectivity index (χ1n) is 8.32. The molecular weight excluding hydrogens is 288 g/mol. The summed E-state index contributed by atoms with van der Waals surface area (Å²) in [5, 5.41) is 9.46. The Morgan fingerprint density at radius 1 is 1.30 bits per heavy atom. The third-order valence-electron chi connectivity index (χ3n) is 5.03. The molecule has 4 heteroatoms. The first-order chi connectivity index (χ1) is 10.8. The average Bonchev–Trinajstić information content (AvgIpc) is 2.81. The second kappa shape index (κ2) is 5.56. The van der Waals surface area contributed by atoms with Crippen LogP contribution in [0, 0.1) is 11.3 Å². The maximum Gasteiger partial charge on any atom is 0.410 e. The van der Waals surface area contributed by atoms with Crippen molar-refractivity contribution in [1.29, 1.82) is 5.26 Å². The Bertz CT molecular complexity index is 646. The lowest BCUT2D eigenvalue weighted by molar-refractivity contribution is 0.0163. The van der Waals surface area contributed by atoms with Crippen LogP contribution in [0.25, 0.3) is 0 Å². The number of hydrogen-bond donors (Lipinski definition) is 0. The number of carbonyl (C=O) groups is 1. The predicted molar refractivity (Wildman–Crippen MR) is 88.1 cm³/mol. The Labute approximate surface area is 138 Å². The Kier molecular flexibility index (Phi) is 3.83. The SMILES string of the molecule is CC(C)(C)OC(=O)N1CCC2(CC1)C[C@H](C#N)c1ccccc12. The van der Waals surface area contributed by atoms with Gasteiger partial charge in [0, 0.05) is 18.5 Å². The number of fused-ring (bicyclic) bond motifs is 2. The van der Waals surface area contributed by atoms with Gasteiger partial charge in [0.15, 0.2) is 0 Å². The van der Waals surface area contributed by atoms with Crippen molar-refractivity contribution in [3.8, 4) is 6.07 Å². The summed E-state index contributed by atoms with van der Waals surface area (Å²) in [6, 6.07) is 10.8. The van der Waals surface area contributed by atoms with Crippen LogP contribution in [0.4, 0.5) is 4.79 Å². The highest BCUT2D eigenvalue weighted by atomic mass is 16.6. The van der Waals surface area contributed by atoms with Crippen LogP contribution in [0.3, 0.4) is 0 Å². The summed E-state index contributed by atoms with van der Waals surface area (Å²) in [5.74, 6) is -0.0146. The molecule has 0 aromatic heterocycles. The monoisotopic (exact) mass is 312 g/mol. The number of likely N-dealkylation sites (tertiary alicyclic amines) is 1. The minimum atomic E-state index is -0.460. The van der Waals surface area contributed by atoms with Gasteiger partial charge in [-0.3, -0.25) is 0 Å². The first kappa shape index (κ1) is 15.9. The van der Waals surface area contributed by atoms with Crippen molar-refractivity contribution in [2.45, 2.75) is 57.0 Å². The number of nitrogens with zero attached hydrogens (tertiary/aromatic N) is 2. The van der Waals surface area contributed by atoms with Crippen molar-refractivity contribution >= 4 is 6.09 Å². The molecule has 0 radical (unpaired) electrons. The fourth-order valence-electron chi connectivity index (χ4n) is 3.93. The highest BCUT2D eigenvalue weighted by Gasteiger charge is 2.46. The summed E-state index contributed by atoms with van der Waals surface area (Å²) in [7, 11) is 0. The van der Waals surface area contributed by atoms with Crippen molar-refractivity contribution in [3.63, 3.8) is 0 Å². The molecule has 0 N–H and O–H groups in total. The fraction of sp³-hybridized carbons (Fsp3) is 0.579. The second-order valence-electron chi connectivity index (χ2n) is 7.72. The molecule has 1 spiro atoms. The molecule has 3 rings (SSSR count). The predicted octanol–water partition coefficient (Wildman–Crippen LogP) is 3.97. The molecule has 23 heavy (non-hydrogen) atoms. The van der Waals surface area contributed by atoms with Gasteiger partial charge >= 0.3 is 6.09 Å². The standard InChI is InChI=1S/C19H24N2O2/c1-18(2,3)23-17(22)21-10-8-19(9-11-21)12-14(13-20)15-6-4-5-7-16(15)19/h4-7,14H,8-12H2,1-3H3/t14-/m1/s1. The van der Waals surface area contributed by atoms with E-state index in [2.05, 4.69) is 24.3 Å². The van der Waals surface area contributed by atoms with E-state index in [1.807, 2.05) is 26.8 Å². The van der Waals surface area contributed by atoms with Crippen LogP contribution < -0.4 is 0 Å². The molecule has 0 saturated carbocycles. The third-order valence-corrected chi connectivity index (χ3v) is 5.03. The molecular formula is C19H24N2O2. The first-order valence-corrected chi connectivity index (χ1v) is 8.32. The van der Waals surface area contributed by atoms with Crippen LogP contribution in [0.1, 0.15) is 57.1 Å². The topological polar surface area (TPSA) is 53.3 Å². The van der Waals surface area contributed by atoms with E-state index in [0.717, 1.165) is 19.3 Å². The van der Waals surface area contributed by atoms with Gasteiger partial charge in [0.05, 0.1) is 12.0 Å². The van der Waals surface area contributed by atoms with Gasteiger partial charge in [0.1, 0.15) is 5.60 Å². The molecule has 1 fully saturated rings. The summed E-state index contributed by atoms with van der Waals surface area (Å²) in [4.78, 5) is 14.0. The second-order valence-corrected chi connectivity index (χ2v) is 7.72. The fourth-order valence-corrected chi connectivity index (χ4v) is 3.93. The molecule has 1 atom stereocenters. The lowest BCUT2D eigenvalue weighted by Crippen LogP contribution is -2.46. The maximum absolute atomic E-state index is 12.2. The molecule has 0 bridgehead atoms. The number of nitriles is 1. The van der Waals surface area contributed by atoms with Crippen molar-refractivity contribution < 1.29 is 9.53 Å². The number of hydrogen-bond acceptors (Lipinski definition) is 3. The molecule has 1 aromatic carbocycles. The molecule has 1 heterocycles. The van der Waals surface area contributed by atoms with Gasteiger partial charge < -0.3 is 9.64 Å². The van der Waals surface area contributed by atoms with Crippen LogP contribution in [-0.2, 0) is 10.2 Å². The van der Waals surface area contributed by atoms with Crippen LogP contribution in [0.5, 0.6) is 0 Å². The molecule has 4 nitrogen and oxygen atoms in total. The highest BCUT2D eigenvalue weighted by Crippen LogP contribution is 2.51. The molecule has 122 valence electrons. The number of benzene rings is 1. The van der Waals surface area contributed by atoms with Gasteiger partial charge in [-0.15, -0.1) is 0 Å². The summed E-state index contributed by atoms with van der Waals surface area (Å²) in [5.41, 5.74) is 2.09. The third kappa shape index (κ3) is 2.93. The summed E-state index contributed by atoms with van der Waals surface area (Å²) < 4.78 is 5.47. The quantitative estimate of drug-likeness (QED) is 0.728. The number of carbonyl (C=O) groups excluding carboxylic acids is 1. The van der Waals surface area contributed by atoms with E-state index < -0.39 is 5.60 Å². The van der Waals surface area contributed by atoms with Gasteiger partial charge in [-0.05, 0) is 51.2 Å². The molecule has 1 aliphatic heterocycles. The van der Waals surface area contributed by atoms with Crippen LogP contribution in [0.2, 0.25) is 0 Å². The normalized spacial score (nSPS) is 22.5. The molecule has 0 unspecified atom stereocenters. The van der Waals surface area contributed by atoms with E-state index in [4.69, 9.17) is 4.74 Å². The maximum atomic E-state index is 12.2. The van der Waals surface area contributed by atoms with Crippen molar-refractivity contribution in [2.24, 2.45) is 0 Å². The Balaban J connectivity index is 1.75. The van der Waals surface area contributed by atoms with E-state index in [-0.39, 0.29) is 17.4 Å². The molecule has 1 aromatic rings. The smallest absolute Gasteiger partial charge is 0.410 e. The Morgan fingerprint density at radius 2 is 1.96 bits per heavy atom. The zero-order valence-corrected chi connectivity index (χ0v) is 14.1. The van der Waals surface area contributed by atoms with Gasteiger partial charge in [0.25, 0.3) is 0 Å². The minimum Gasteiger partial charge on any atom is -0.444 e. The largest absolute Gasteiger partial charge is 0.444 e. The van der Waals surface area contributed by atoms with E-state index in [1.165, 1.54) is 11.1 Å². The highest BCUT2D eigenvalue weighted by molar-refractivity contribution is 5.68. The summed E-state index contributed by atoms with van der Waals surface area (Å²) in [6.07, 6.45) is 2.46. The van der Waals surface area contributed by atoms with E-state index in [1.54, 1.807) is 4.90 Å². The zero-order valence-electron chi connectivity index (χ0n) is 14.1. The lowest BCUT2D eigenvalue weighted by atomic mass is 9.73. The Hall–Kier alpha value is -2.02. The molecule has 1 aliphatic carbocycles. The number of piperidine rings is 1. The Morgan fingerprint density at radius 3 is 2.57 bits per heavy atom. The number of amides is 1. The van der Waals surface area contributed by atoms with Crippen LogP contribution in [-0.4, -0.2) is 29.7 Å². The van der Waals surface area contributed by atoms with E-state index >= 15 is 0 Å². The van der Waals surface area contributed by atoms with Gasteiger partial charge in [-0.25, -0.2) is 4.79 Å². The van der Waals surface area contributed by atoms with Gasteiger partial charge in [-0.1, -0.05) is 24.3 Å². The summed E-state index contributed by atoms with van der Waals surface area (Å²) >= 11 is 0. The minimum absolute atomic E-state index is 0.0146.